The van der Waals surface area contributed by atoms with Crippen molar-refractivity contribution in [1.82, 2.24) is 10.2 Å². The summed E-state index contributed by atoms with van der Waals surface area (Å²) in [6.45, 7) is 6.33. The van der Waals surface area contributed by atoms with Crippen molar-refractivity contribution < 1.29 is 14.3 Å². The highest BCUT2D eigenvalue weighted by Gasteiger charge is 2.30. The average Bonchev–Trinajstić information content (AvgIpc) is 2.82. The van der Waals surface area contributed by atoms with Crippen molar-refractivity contribution in [2.45, 2.75) is 39.8 Å². The fourth-order valence-electron chi connectivity index (χ4n) is 3.76. The largest absolute Gasteiger partial charge is 0.483 e. The molecule has 0 saturated heterocycles. The third-order valence-corrected chi connectivity index (χ3v) is 5.79. The summed E-state index contributed by atoms with van der Waals surface area (Å²) >= 11 is 6.20. The molecule has 0 heterocycles. The Morgan fingerprint density at radius 3 is 2.41 bits per heavy atom. The lowest BCUT2D eigenvalue weighted by atomic mass is 10.0. The van der Waals surface area contributed by atoms with Gasteiger partial charge in [-0.25, -0.2) is 0 Å². The molecule has 34 heavy (non-hydrogen) atoms. The van der Waals surface area contributed by atoms with Gasteiger partial charge in [-0.3, -0.25) is 9.59 Å². The van der Waals surface area contributed by atoms with Crippen molar-refractivity contribution in [2.75, 3.05) is 13.2 Å². The van der Waals surface area contributed by atoms with Crippen LogP contribution >= 0.6 is 11.6 Å². The van der Waals surface area contributed by atoms with E-state index in [-0.39, 0.29) is 25.0 Å². The van der Waals surface area contributed by atoms with Gasteiger partial charge in [-0.1, -0.05) is 66.2 Å². The molecule has 3 aromatic rings. The van der Waals surface area contributed by atoms with Gasteiger partial charge in [0.05, 0.1) is 0 Å². The van der Waals surface area contributed by atoms with E-state index in [1.54, 1.807) is 11.0 Å². The fraction of sp³-hybridized carbons (Fsp3) is 0.286. The van der Waals surface area contributed by atoms with Gasteiger partial charge >= 0.3 is 0 Å². The minimum Gasteiger partial charge on any atom is -0.483 e. The predicted octanol–water partition coefficient (Wildman–Crippen LogP) is 5.11. The molecule has 0 aliphatic heterocycles. The zero-order chi connectivity index (χ0) is 24.5. The van der Waals surface area contributed by atoms with Crippen LogP contribution in [0.1, 0.15) is 29.2 Å². The number of nitrogens with one attached hydrogen (secondary N) is 1. The number of halogens is 1. The van der Waals surface area contributed by atoms with Crippen molar-refractivity contribution in [2.24, 2.45) is 0 Å². The van der Waals surface area contributed by atoms with E-state index in [2.05, 4.69) is 5.32 Å². The number of benzene rings is 3. The third-order valence-electron chi connectivity index (χ3n) is 5.56. The van der Waals surface area contributed by atoms with Gasteiger partial charge in [0.15, 0.2) is 6.61 Å². The van der Waals surface area contributed by atoms with Crippen molar-refractivity contribution >= 4 is 23.4 Å². The van der Waals surface area contributed by atoms with E-state index in [4.69, 9.17) is 16.3 Å². The monoisotopic (exact) mass is 478 g/mol. The van der Waals surface area contributed by atoms with Crippen LogP contribution in [0.2, 0.25) is 5.02 Å². The summed E-state index contributed by atoms with van der Waals surface area (Å²) in [5.74, 6) is 0.190. The van der Waals surface area contributed by atoms with Gasteiger partial charge in [0.25, 0.3) is 5.91 Å². The van der Waals surface area contributed by atoms with Gasteiger partial charge < -0.3 is 15.0 Å². The third kappa shape index (κ3) is 7.09. The first-order valence-corrected chi connectivity index (χ1v) is 11.8. The number of rotatable bonds is 10. The van der Waals surface area contributed by atoms with Gasteiger partial charge in [0.1, 0.15) is 11.8 Å². The van der Waals surface area contributed by atoms with Crippen LogP contribution in [0.25, 0.3) is 0 Å². The molecule has 2 amide bonds. The Morgan fingerprint density at radius 2 is 1.71 bits per heavy atom. The van der Waals surface area contributed by atoms with E-state index < -0.39 is 6.04 Å². The summed E-state index contributed by atoms with van der Waals surface area (Å²) in [4.78, 5) is 28.3. The maximum absolute atomic E-state index is 13.5. The van der Waals surface area contributed by atoms with Crippen LogP contribution in [0, 0.1) is 13.8 Å². The molecule has 0 saturated carbocycles. The van der Waals surface area contributed by atoms with Gasteiger partial charge in [-0.15, -0.1) is 0 Å². The Morgan fingerprint density at radius 1 is 0.971 bits per heavy atom. The van der Waals surface area contributed by atoms with E-state index in [1.807, 2.05) is 87.5 Å². The molecule has 1 N–H and O–H groups in total. The van der Waals surface area contributed by atoms with Gasteiger partial charge in [-0.05, 0) is 61.2 Å². The quantitative estimate of drug-likeness (QED) is 0.440. The zero-order valence-corrected chi connectivity index (χ0v) is 20.6. The second-order valence-corrected chi connectivity index (χ2v) is 8.75. The molecule has 0 fully saturated rings. The molecule has 3 aromatic carbocycles. The van der Waals surface area contributed by atoms with Crippen LogP contribution in [0.4, 0.5) is 0 Å². The maximum atomic E-state index is 13.5. The van der Waals surface area contributed by atoms with Crippen LogP contribution < -0.4 is 10.1 Å². The topological polar surface area (TPSA) is 58.6 Å². The number of ether oxygens (including phenoxy) is 1. The summed E-state index contributed by atoms with van der Waals surface area (Å²) in [6.07, 6.45) is 0.391. The fourth-order valence-corrected chi connectivity index (χ4v) is 3.98. The minimum absolute atomic E-state index is 0.171. The molecule has 5 nitrogen and oxygen atoms in total. The van der Waals surface area contributed by atoms with Crippen LogP contribution in [0.15, 0.2) is 72.8 Å². The Hall–Kier alpha value is -3.31. The van der Waals surface area contributed by atoms with Crippen LogP contribution in [0.3, 0.4) is 0 Å². The van der Waals surface area contributed by atoms with Crippen LogP contribution in [-0.4, -0.2) is 35.9 Å². The lowest BCUT2D eigenvalue weighted by Crippen LogP contribution is -2.51. The molecule has 6 heteroatoms. The standard InChI is InChI=1S/C28H31ClN2O3/c1-4-30-28(33)25(17-22-9-6-5-7-10-22)31(18-23-11-8-12-24(29)16-23)27(32)19-34-26-15-20(2)13-14-21(26)3/h5-16,25H,4,17-19H2,1-3H3,(H,30,33)/t25-/m1/s1. The number of carbonyl (C=O) groups is 2. The second-order valence-electron chi connectivity index (χ2n) is 8.31. The number of amides is 2. The smallest absolute Gasteiger partial charge is 0.261 e. The predicted molar refractivity (Wildman–Crippen MR) is 136 cm³/mol. The first kappa shape index (κ1) is 25.3. The Kier molecular flexibility index (Phi) is 9.11. The highest BCUT2D eigenvalue weighted by Crippen LogP contribution is 2.21. The van der Waals surface area contributed by atoms with Gasteiger partial charge in [0, 0.05) is 24.5 Å². The zero-order valence-electron chi connectivity index (χ0n) is 19.9. The molecule has 0 radical (unpaired) electrons. The molecule has 0 bridgehead atoms. The summed E-state index contributed by atoms with van der Waals surface area (Å²) in [5, 5.41) is 3.47. The number of aryl methyl sites for hydroxylation is 2. The van der Waals surface area contributed by atoms with Crippen molar-refractivity contribution in [3.63, 3.8) is 0 Å². The lowest BCUT2D eigenvalue weighted by molar-refractivity contribution is -0.142. The Bertz CT molecular complexity index is 1120. The molecule has 178 valence electrons. The summed E-state index contributed by atoms with van der Waals surface area (Å²) in [5.41, 5.74) is 3.81. The summed E-state index contributed by atoms with van der Waals surface area (Å²) in [7, 11) is 0. The Balaban J connectivity index is 1.91. The highest BCUT2D eigenvalue weighted by atomic mass is 35.5. The lowest BCUT2D eigenvalue weighted by Gasteiger charge is -2.31. The van der Waals surface area contributed by atoms with Crippen molar-refractivity contribution in [3.05, 3.63) is 100 Å². The summed E-state index contributed by atoms with van der Waals surface area (Å²) in [6, 6.07) is 22.2. The Labute approximate surface area is 206 Å². The average molecular weight is 479 g/mol. The number of nitrogens with zero attached hydrogens (tertiary/aromatic N) is 1. The first-order valence-electron chi connectivity index (χ1n) is 11.4. The van der Waals surface area contributed by atoms with E-state index >= 15 is 0 Å². The number of carbonyl (C=O) groups excluding carboxylic acids is 2. The molecular formula is C28H31ClN2O3. The number of likely N-dealkylation sites (N-methyl/N-ethyl adjacent to an activating group) is 1. The summed E-state index contributed by atoms with van der Waals surface area (Å²) < 4.78 is 5.91. The van der Waals surface area contributed by atoms with E-state index in [0.29, 0.717) is 23.7 Å². The molecule has 1 atom stereocenters. The molecule has 0 aromatic heterocycles. The molecule has 3 rings (SSSR count). The number of hydrogen-bond donors (Lipinski definition) is 1. The maximum Gasteiger partial charge on any atom is 0.261 e. The molecule has 0 aliphatic rings. The molecule has 0 spiro atoms. The molecule has 0 aliphatic carbocycles. The number of hydrogen-bond acceptors (Lipinski definition) is 3. The molecule has 0 unspecified atom stereocenters. The van der Waals surface area contributed by atoms with Crippen LogP contribution in [0.5, 0.6) is 5.75 Å². The highest BCUT2D eigenvalue weighted by molar-refractivity contribution is 6.30. The molecular weight excluding hydrogens is 448 g/mol. The van der Waals surface area contributed by atoms with E-state index in [0.717, 1.165) is 22.3 Å². The van der Waals surface area contributed by atoms with Crippen LogP contribution in [-0.2, 0) is 22.6 Å². The van der Waals surface area contributed by atoms with Crippen molar-refractivity contribution in [3.8, 4) is 5.75 Å². The van der Waals surface area contributed by atoms with Crippen molar-refractivity contribution in [1.29, 1.82) is 0 Å². The first-order chi connectivity index (χ1) is 16.4. The SMILES string of the molecule is CCNC(=O)[C@@H](Cc1ccccc1)N(Cc1cccc(Cl)c1)C(=O)COc1cc(C)ccc1C. The van der Waals surface area contributed by atoms with Gasteiger partial charge in [-0.2, -0.15) is 0 Å². The normalized spacial score (nSPS) is 11.5. The minimum atomic E-state index is -0.698. The van der Waals surface area contributed by atoms with Gasteiger partial charge in [0.2, 0.25) is 5.91 Å². The second kappa shape index (κ2) is 12.2. The van der Waals surface area contributed by atoms with E-state index in [1.165, 1.54) is 0 Å². The van der Waals surface area contributed by atoms with E-state index in [9.17, 15) is 9.59 Å².